The van der Waals surface area contributed by atoms with Crippen LogP contribution in [0.4, 0.5) is 4.79 Å². The maximum atomic E-state index is 12.2. The summed E-state index contributed by atoms with van der Waals surface area (Å²) >= 11 is 0. The molecule has 1 aliphatic rings. The molecule has 0 radical (unpaired) electrons. The Morgan fingerprint density at radius 2 is 1.96 bits per heavy atom. The number of imide groups is 1. The summed E-state index contributed by atoms with van der Waals surface area (Å²) in [4.78, 5) is 48.3. The van der Waals surface area contributed by atoms with Crippen molar-refractivity contribution in [2.75, 3.05) is 20.2 Å². The van der Waals surface area contributed by atoms with E-state index < -0.39 is 30.4 Å². The molecule has 2 N–H and O–H groups in total. The van der Waals surface area contributed by atoms with Crippen molar-refractivity contribution in [2.24, 2.45) is 5.92 Å². The first-order chi connectivity index (χ1) is 11.9. The molecule has 1 aliphatic heterocycles. The van der Waals surface area contributed by atoms with Gasteiger partial charge in [-0.2, -0.15) is 0 Å². The molecule has 0 aromatic heterocycles. The van der Waals surface area contributed by atoms with E-state index in [0.29, 0.717) is 0 Å². The second kappa shape index (κ2) is 8.27. The molecule has 25 heavy (non-hydrogen) atoms. The summed E-state index contributed by atoms with van der Waals surface area (Å²) in [5.74, 6) is -2.10. The molecule has 8 heteroatoms. The van der Waals surface area contributed by atoms with Crippen LogP contribution < -0.4 is 10.6 Å². The van der Waals surface area contributed by atoms with Gasteiger partial charge in [0.05, 0.1) is 12.0 Å². The molecule has 1 saturated heterocycles. The summed E-state index contributed by atoms with van der Waals surface area (Å²) in [5.41, 5.74) is 0.981. The molecule has 4 amide bonds. The number of likely N-dealkylation sites (tertiary alicyclic amines) is 1. The number of carbonyl (C=O) groups excluding carboxylic acids is 4. The van der Waals surface area contributed by atoms with Gasteiger partial charge in [-0.3, -0.25) is 19.7 Å². The van der Waals surface area contributed by atoms with E-state index in [1.807, 2.05) is 42.6 Å². The average Bonchev–Trinajstić information content (AvgIpc) is 3.01. The molecule has 1 aromatic carbocycles. The second-order valence-corrected chi connectivity index (χ2v) is 5.77. The second-order valence-electron chi connectivity index (χ2n) is 5.77. The number of nitrogens with zero attached hydrogens (tertiary/aromatic N) is 1. The van der Waals surface area contributed by atoms with Gasteiger partial charge in [0.2, 0.25) is 5.91 Å². The topological polar surface area (TPSA) is 105 Å². The third-order valence-corrected chi connectivity index (χ3v) is 4.07. The lowest BCUT2D eigenvalue weighted by Gasteiger charge is -2.25. The van der Waals surface area contributed by atoms with Crippen LogP contribution in [0, 0.1) is 5.92 Å². The largest absolute Gasteiger partial charge is 0.455 e. The summed E-state index contributed by atoms with van der Waals surface area (Å²) < 4.78 is 4.91. The molecule has 1 heterocycles. The van der Waals surface area contributed by atoms with Crippen molar-refractivity contribution in [1.29, 1.82) is 0 Å². The van der Waals surface area contributed by atoms with Gasteiger partial charge in [-0.25, -0.2) is 4.79 Å². The zero-order valence-corrected chi connectivity index (χ0v) is 14.2. The molecule has 0 bridgehead atoms. The molecule has 0 unspecified atom stereocenters. The quantitative estimate of drug-likeness (QED) is 0.759. The van der Waals surface area contributed by atoms with Crippen LogP contribution in [-0.2, 0) is 19.1 Å². The zero-order valence-electron chi connectivity index (χ0n) is 14.2. The fourth-order valence-corrected chi connectivity index (χ4v) is 2.66. The van der Waals surface area contributed by atoms with Crippen LogP contribution in [0.3, 0.4) is 0 Å². The number of esters is 1. The monoisotopic (exact) mass is 347 g/mol. The highest BCUT2D eigenvalue weighted by atomic mass is 16.5. The maximum Gasteiger partial charge on any atom is 0.321 e. The Morgan fingerprint density at radius 1 is 1.28 bits per heavy atom. The molecular weight excluding hydrogens is 326 g/mol. The molecule has 2 atom stereocenters. The van der Waals surface area contributed by atoms with Crippen molar-refractivity contribution < 1.29 is 23.9 Å². The highest BCUT2D eigenvalue weighted by molar-refractivity contribution is 5.95. The molecule has 1 aromatic rings. The molecule has 8 nitrogen and oxygen atoms in total. The van der Waals surface area contributed by atoms with Crippen LogP contribution in [0.15, 0.2) is 30.3 Å². The average molecular weight is 347 g/mol. The molecular formula is C17H21N3O5. The van der Waals surface area contributed by atoms with E-state index in [4.69, 9.17) is 4.74 Å². The predicted molar refractivity (Wildman–Crippen MR) is 88.2 cm³/mol. The maximum absolute atomic E-state index is 12.2. The minimum atomic E-state index is -0.730. The van der Waals surface area contributed by atoms with E-state index in [1.54, 1.807) is 4.90 Å². The van der Waals surface area contributed by atoms with Gasteiger partial charge in [0.15, 0.2) is 6.61 Å². The van der Waals surface area contributed by atoms with Gasteiger partial charge in [-0.15, -0.1) is 0 Å². The molecule has 2 rings (SSSR count). The third-order valence-electron chi connectivity index (χ3n) is 4.07. The first-order valence-corrected chi connectivity index (χ1v) is 7.95. The minimum absolute atomic E-state index is 0.0487. The Balaban J connectivity index is 1.88. The summed E-state index contributed by atoms with van der Waals surface area (Å²) in [6.07, 6.45) is 0.0487. The normalized spacial score (nSPS) is 17.8. The Bertz CT molecular complexity index is 662. The van der Waals surface area contributed by atoms with Gasteiger partial charge in [0.25, 0.3) is 5.91 Å². The van der Waals surface area contributed by atoms with Crippen LogP contribution in [0.1, 0.15) is 24.9 Å². The summed E-state index contributed by atoms with van der Waals surface area (Å²) in [7, 11) is 1.36. The van der Waals surface area contributed by atoms with Gasteiger partial charge in [0.1, 0.15) is 0 Å². The van der Waals surface area contributed by atoms with Crippen molar-refractivity contribution in [2.45, 2.75) is 19.4 Å². The van der Waals surface area contributed by atoms with Gasteiger partial charge in [-0.05, 0) is 12.5 Å². The first-order valence-electron chi connectivity index (χ1n) is 7.95. The molecule has 0 aliphatic carbocycles. The van der Waals surface area contributed by atoms with E-state index in [-0.39, 0.29) is 24.9 Å². The Labute approximate surface area is 145 Å². The predicted octanol–water partition coefficient (Wildman–Crippen LogP) is 0.595. The van der Waals surface area contributed by atoms with Gasteiger partial charge < -0.3 is 15.0 Å². The number of benzene rings is 1. The lowest BCUT2D eigenvalue weighted by Crippen LogP contribution is -2.40. The highest BCUT2D eigenvalue weighted by Crippen LogP contribution is 2.28. The number of hydrogen-bond donors (Lipinski definition) is 2. The van der Waals surface area contributed by atoms with Crippen molar-refractivity contribution >= 4 is 23.8 Å². The Hall–Kier alpha value is -2.90. The Kier molecular flexibility index (Phi) is 6.10. The molecule has 134 valence electrons. The van der Waals surface area contributed by atoms with Gasteiger partial charge in [-0.1, -0.05) is 30.3 Å². The highest BCUT2D eigenvalue weighted by Gasteiger charge is 2.38. The van der Waals surface area contributed by atoms with Crippen molar-refractivity contribution in [1.82, 2.24) is 15.5 Å². The number of rotatable bonds is 5. The summed E-state index contributed by atoms with van der Waals surface area (Å²) in [6.45, 7) is 1.58. The number of hydrogen-bond acceptors (Lipinski definition) is 5. The number of nitrogens with one attached hydrogen (secondary N) is 2. The van der Waals surface area contributed by atoms with Crippen molar-refractivity contribution in [3.63, 3.8) is 0 Å². The SMILES string of the molecule is CNC(=O)NC(=O)COC(=O)[C@@H]1CC(=O)N([C@H](C)c2ccccc2)C1. The summed E-state index contributed by atoms with van der Waals surface area (Å²) in [5, 5.41) is 4.20. The fourth-order valence-electron chi connectivity index (χ4n) is 2.66. The third kappa shape index (κ3) is 4.79. The zero-order chi connectivity index (χ0) is 18.4. The number of amides is 4. The van der Waals surface area contributed by atoms with Crippen molar-refractivity contribution in [3.8, 4) is 0 Å². The smallest absolute Gasteiger partial charge is 0.321 e. The molecule has 0 spiro atoms. The lowest BCUT2D eigenvalue weighted by atomic mass is 10.1. The molecule has 1 fully saturated rings. The van der Waals surface area contributed by atoms with E-state index in [1.165, 1.54) is 7.05 Å². The van der Waals surface area contributed by atoms with E-state index in [0.717, 1.165) is 5.56 Å². The number of ether oxygens (including phenoxy) is 1. The Morgan fingerprint density at radius 3 is 2.60 bits per heavy atom. The van der Waals surface area contributed by atoms with Crippen LogP contribution in [-0.4, -0.2) is 48.9 Å². The van der Waals surface area contributed by atoms with Crippen LogP contribution in [0.25, 0.3) is 0 Å². The lowest BCUT2D eigenvalue weighted by molar-refractivity contribution is -0.152. The van der Waals surface area contributed by atoms with Crippen molar-refractivity contribution in [3.05, 3.63) is 35.9 Å². The van der Waals surface area contributed by atoms with Gasteiger partial charge >= 0.3 is 12.0 Å². The van der Waals surface area contributed by atoms with E-state index in [2.05, 4.69) is 5.32 Å². The van der Waals surface area contributed by atoms with Gasteiger partial charge in [0, 0.05) is 20.0 Å². The van der Waals surface area contributed by atoms with Crippen LogP contribution in [0.5, 0.6) is 0 Å². The number of carbonyl (C=O) groups is 4. The fraction of sp³-hybridized carbons (Fsp3) is 0.412. The summed E-state index contributed by atoms with van der Waals surface area (Å²) in [6, 6.07) is 8.70. The van der Waals surface area contributed by atoms with E-state index >= 15 is 0 Å². The molecule has 0 saturated carbocycles. The first kappa shape index (κ1) is 18.4. The van der Waals surface area contributed by atoms with E-state index in [9.17, 15) is 19.2 Å². The van der Waals surface area contributed by atoms with Crippen LogP contribution >= 0.6 is 0 Å². The standard InChI is InChI=1S/C17H21N3O5/c1-11(12-6-4-3-5-7-12)20-9-13(8-15(20)22)16(23)25-10-14(21)19-17(24)18-2/h3-7,11,13H,8-10H2,1-2H3,(H2,18,19,21,24)/t11-,13-/m1/s1. The van der Waals surface area contributed by atoms with Crippen LogP contribution in [0.2, 0.25) is 0 Å². The minimum Gasteiger partial charge on any atom is -0.455 e. The number of urea groups is 1.